The number of ether oxygens (including phenoxy) is 3. The first-order valence-corrected chi connectivity index (χ1v) is 14.6. The molecule has 1 aromatic carbocycles. The normalized spacial score (nSPS) is 16.6. The van der Waals surface area contributed by atoms with Crippen molar-refractivity contribution in [1.29, 1.82) is 0 Å². The van der Waals surface area contributed by atoms with Crippen LogP contribution < -0.4 is 10.2 Å². The average molecular weight is 576 g/mol. The van der Waals surface area contributed by atoms with Crippen molar-refractivity contribution in [2.75, 3.05) is 45.3 Å². The summed E-state index contributed by atoms with van der Waals surface area (Å²) >= 11 is 0. The summed E-state index contributed by atoms with van der Waals surface area (Å²) in [5, 5.41) is 2.99. The van der Waals surface area contributed by atoms with Gasteiger partial charge in [0.05, 0.1) is 13.2 Å². The van der Waals surface area contributed by atoms with Gasteiger partial charge in [0.15, 0.2) is 18.0 Å². The van der Waals surface area contributed by atoms with Gasteiger partial charge < -0.3 is 29.3 Å². The molecule has 10 nitrogen and oxygen atoms in total. The molecule has 0 bridgehead atoms. The second-order valence-corrected chi connectivity index (χ2v) is 11.7. The average Bonchev–Trinajstić information content (AvgIpc) is 2.93. The molecule has 1 aliphatic heterocycles. The fraction of sp³-hybridized carbons (Fsp3) is 0.677. The quantitative estimate of drug-likeness (QED) is 0.315. The van der Waals surface area contributed by atoms with Crippen LogP contribution in [0, 0.1) is 11.8 Å². The Hall–Kier alpha value is -2.98. The van der Waals surface area contributed by atoms with Gasteiger partial charge in [0.2, 0.25) is 0 Å². The van der Waals surface area contributed by atoms with Gasteiger partial charge in [-0.25, -0.2) is 4.79 Å². The number of hydrogen-bond donors (Lipinski definition) is 1. The fourth-order valence-corrected chi connectivity index (χ4v) is 4.66. The van der Waals surface area contributed by atoms with Crippen LogP contribution in [0.15, 0.2) is 24.3 Å². The number of likely N-dealkylation sites (N-methyl/N-ethyl adjacent to an activating group) is 2. The van der Waals surface area contributed by atoms with Crippen LogP contribution in [0.2, 0.25) is 0 Å². The highest BCUT2D eigenvalue weighted by atomic mass is 16.6. The summed E-state index contributed by atoms with van der Waals surface area (Å²) in [6.07, 6.45) is -1.06. The van der Waals surface area contributed by atoms with Crippen molar-refractivity contribution in [3.05, 3.63) is 29.8 Å². The number of morpholine rings is 1. The number of nitrogens with one attached hydrogen (secondary N) is 1. The van der Waals surface area contributed by atoms with E-state index in [-0.39, 0.29) is 24.0 Å². The number of amides is 1. The predicted molar refractivity (Wildman–Crippen MR) is 158 cm³/mol. The van der Waals surface area contributed by atoms with Crippen molar-refractivity contribution in [3.63, 3.8) is 0 Å². The second kappa shape index (κ2) is 16.5. The molecule has 0 aromatic heterocycles. The molecule has 4 atom stereocenters. The summed E-state index contributed by atoms with van der Waals surface area (Å²) in [6, 6.07) is 6.32. The molecule has 0 radical (unpaired) electrons. The van der Waals surface area contributed by atoms with Gasteiger partial charge in [-0.1, -0.05) is 39.8 Å². The van der Waals surface area contributed by atoms with E-state index in [0.717, 1.165) is 24.3 Å². The molecule has 1 saturated heterocycles. The highest BCUT2D eigenvalue weighted by Gasteiger charge is 2.36. The summed E-state index contributed by atoms with van der Waals surface area (Å²) in [4.78, 5) is 55.5. The van der Waals surface area contributed by atoms with Crippen molar-refractivity contribution in [2.24, 2.45) is 11.8 Å². The fourth-order valence-electron chi connectivity index (χ4n) is 4.66. The van der Waals surface area contributed by atoms with E-state index in [1.165, 1.54) is 25.8 Å². The van der Waals surface area contributed by atoms with Gasteiger partial charge in [0.25, 0.3) is 5.91 Å². The van der Waals surface area contributed by atoms with Crippen LogP contribution in [0.3, 0.4) is 0 Å². The van der Waals surface area contributed by atoms with Crippen LogP contribution in [0.5, 0.6) is 0 Å². The maximum atomic E-state index is 13.9. The van der Waals surface area contributed by atoms with Crippen molar-refractivity contribution in [1.82, 2.24) is 10.2 Å². The lowest BCUT2D eigenvalue weighted by atomic mass is 10.0. The number of Topliss-reactive ketones (excluding diaryl/α,β-unsaturated/α-hetero) is 1. The summed E-state index contributed by atoms with van der Waals surface area (Å²) < 4.78 is 16.7. The van der Waals surface area contributed by atoms with E-state index in [2.05, 4.69) is 10.2 Å². The molecule has 1 aliphatic rings. The topological polar surface area (TPSA) is 114 Å². The van der Waals surface area contributed by atoms with Crippen molar-refractivity contribution in [2.45, 2.75) is 85.1 Å². The Kier molecular flexibility index (Phi) is 13.7. The monoisotopic (exact) mass is 575 g/mol. The molecule has 0 spiro atoms. The third-order valence-electron chi connectivity index (χ3n) is 7.25. The molecule has 1 fully saturated rings. The number of benzene rings is 1. The number of anilines is 1. The van der Waals surface area contributed by atoms with E-state index in [1.54, 1.807) is 7.05 Å². The second-order valence-electron chi connectivity index (χ2n) is 11.7. The van der Waals surface area contributed by atoms with Crippen LogP contribution in [0.25, 0.3) is 0 Å². The molecule has 230 valence electrons. The summed E-state index contributed by atoms with van der Waals surface area (Å²) in [6.45, 7) is 13.7. The minimum Gasteiger partial charge on any atom is -0.453 e. The minimum atomic E-state index is -1.16. The summed E-state index contributed by atoms with van der Waals surface area (Å²) in [5.41, 5.74) is 1.88. The molecular weight excluding hydrogens is 526 g/mol. The van der Waals surface area contributed by atoms with Crippen LogP contribution in [0.4, 0.5) is 5.69 Å². The number of hydrogen-bond acceptors (Lipinski definition) is 9. The van der Waals surface area contributed by atoms with E-state index in [9.17, 15) is 19.2 Å². The van der Waals surface area contributed by atoms with Gasteiger partial charge in [-0.3, -0.25) is 14.4 Å². The summed E-state index contributed by atoms with van der Waals surface area (Å²) in [5.74, 6) is -1.68. The Morgan fingerprint density at radius 3 is 2.02 bits per heavy atom. The lowest BCUT2D eigenvalue weighted by molar-refractivity contribution is -0.168. The molecule has 0 saturated carbocycles. The Morgan fingerprint density at radius 2 is 1.51 bits per heavy atom. The highest BCUT2D eigenvalue weighted by Crippen LogP contribution is 2.21. The number of esters is 2. The molecule has 1 heterocycles. The van der Waals surface area contributed by atoms with E-state index in [1.807, 2.05) is 52.0 Å². The van der Waals surface area contributed by atoms with E-state index >= 15 is 0 Å². The van der Waals surface area contributed by atoms with Gasteiger partial charge in [-0.05, 0) is 63.3 Å². The Bertz CT molecular complexity index is 1010. The first kappa shape index (κ1) is 34.2. The first-order chi connectivity index (χ1) is 19.3. The minimum absolute atomic E-state index is 0.0591. The van der Waals surface area contributed by atoms with Crippen LogP contribution >= 0.6 is 0 Å². The molecular formula is C31H49N3O7. The smallest absolute Gasteiger partial charge is 0.329 e. The maximum absolute atomic E-state index is 13.9. The third kappa shape index (κ3) is 10.7. The number of nitrogens with zero attached hydrogens (tertiary/aromatic N) is 2. The van der Waals surface area contributed by atoms with E-state index < -0.39 is 42.1 Å². The zero-order chi connectivity index (χ0) is 30.7. The van der Waals surface area contributed by atoms with Gasteiger partial charge >= 0.3 is 11.9 Å². The maximum Gasteiger partial charge on any atom is 0.329 e. The Balaban J connectivity index is 2.32. The molecule has 2 rings (SSSR count). The largest absolute Gasteiger partial charge is 0.453 e. The predicted octanol–water partition coefficient (Wildman–Crippen LogP) is 3.01. The molecule has 1 aromatic rings. The SMILES string of the molecule is CN[C@@H](CC(C)C)C(=O)O[C@H](Cc1ccc(N2CCOCC2)cc1)C(=O)N(C)[C@@H](CC(C)C)C(=O)O[C@H](C)C(C)=O. The first-order valence-electron chi connectivity index (χ1n) is 14.6. The zero-order valence-electron chi connectivity index (χ0n) is 26.0. The number of ketones is 1. The van der Waals surface area contributed by atoms with E-state index in [0.29, 0.717) is 26.1 Å². The lowest BCUT2D eigenvalue weighted by Gasteiger charge is -2.32. The van der Waals surface area contributed by atoms with Gasteiger partial charge in [-0.15, -0.1) is 0 Å². The van der Waals surface area contributed by atoms with Crippen LogP contribution in [-0.2, 0) is 39.8 Å². The highest BCUT2D eigenvalue weighted by molar-refractivity contribution is 5.90. The molecule has 1 amide bonds. The number of carbonyl (C=O) groups excluding carboxylic acids is 4. The molecule has 0 unspecified atom stereocenters. The summed E-state index contributed by atoms with van der Waals surface area (Å²) in [7, 11) is 3.20. The lowest BCUT2D eigenvalue weighted by Crippen LogP contribution is -2.51. The molecule has 10 heteroatoms. The van der Waals surface area contributed by atoms with E-state index in [4.69, 9.17) is 14.2 Å². The molecule has 41 heavy (non-hydrogen) atoms. The Labute approximate surface area is 245 Å². The van der Waals surface area contributed by atoms with Crippen molar-refractivity contribution in [3.8, 4) is 0 Å². The Morgan fingerprint density at radius 1 is 0.927 bits per heavy atom. The van der Waals surface area contributed by atoms with Crippen LogP contribution in [0.1, 0.15) is 59.9 Å². The molecule has 1 N–H and O–H groups in total. The van der Waals surface area contributed by atoms with Crippen molar-refractivity contribution < 1.29 is 33.4 Å². The van der Waals surface area contributed by atoms with Crippen LogP contribution in [-0.4, -0.2) is 93.2 Å². The standard InChI is InChI=1S/C31H49N3O7/c1-20(2)17-26(32-7)30(37)41-28(19-24-9-11-25(12-10-24)34-13-15-39-16-14-34)29(36)33(8)27(18-21(3)4)31(38)40-23(6)22(5)35/h9-12,20-21,23,26-28,32H,13-19H2,1-8H3/t23-,26+,27+,28-/m1/s1. The molecule has 0 aliphatic carbocycles. The third-order valence-corrected chi connectivity index (χ3v) is 7.25. The number of rotatable bonds is 15. The van der Waals surface area contributed by atoms with Gasteiger partial charge in [0.1, 0.15) is 12.1 Å². The van der Waals surface area contributed by atoms with Gasteiger partial charge in [0, 0.05) is 32.2 Å². The number of carbonyl (C=O) groups is 4. The van der Waals surface area contributed by atoms with Crippen molar-refractivity contribution >= 4 is 29.3 Å². The van der Waals surface area contributed by atoms with Gasteiger partial charge in [-0.2, -0.15) is 0 Å². The zero-order valence-corrected chi connectivity index (χ0v) is 26.0.